The Morgan fingerprint density at radius 3 is 1.75 bits per heavy atom. The quantitative estimate of drug-likeness (QED) is 0.166. The highest BCUT2D eigenvalue weighted by atomic mass is 35.5. The van der Waals surface area contributed by atoms with Crippen LogP contribution in [-0.4, -0.2) is 84.5 Å². The van der Waals surface area contributed by atoms with Gasteiger partial charge in [0.25, 0.3) is 0 Å². The van der Waals surface area contributed by atoms with Crippen LogP contribution in [0.1, 0.15) is 83.4 Å². The molecule has 2 atom stereocenters. The topological polar surface area (TPSA) is 218 Å². The molecule has 0 saturated carbocycles. The van der Waals surface area contributed by atoms with E-state index in [4.69, 9.17) is 40.6 Å². The zero-order valence-electron chi connectivity index (χ0n) is 45.1. The summed E-state index contributed by atoms with van der Waals surface area (Å²) < 4.78 is 144. The van der Waals surface area contributed by atoms with E-state index in [1.165, 1.54) is 53.9 Å². The van der Waals surface area contributed by atoms with Crippen LogP contribution in [0.15, 0.2) is 73.3 Å². The third-order valence-electron chi connectivity index (χ3n) is 7.84. The predicted octanol–water partition coefficient (Wildman–Crippen LogP) is 4.95. The number of rotatable bonds is 10. The number of fused-ring (bicyclic) bond motifs is 2. The van der Waals surface area contributed by atoms with Crippen molar-refractivity contribution in [1.29, 1.82) is 0 Å². The van der Waals surface area contributed by atoms with Crippen molar-refractivity contribution in [3.8, 4) is 28.7 Å². The van der Waals surface area contributed by atoms with E-state index in [0.717, 1.165) is 44.0 Å². The Morgan fingerprint density at radius 1 is 0.746 bits per heavy atom. The molecule has 8 rings (SSSR count). The number of benzene rings is 2. The summed E-state index contributed by atoms with van der Waals surface area (Å²) in [4.78, 5) is 7.19. The molecule has 0 aliphatic rings. The molecule has 2 aromatic carbocycles. The van der Waals surface area contributed by atoms with Gasteiger partial charge in [0, 0.05) is 26.8 Å². The van der Waals surface area contributed by atoms with Crippen LogP contribution in [0, 0.1) is 11.6 Å². The van der Waals surface area contributed by atoms with E-state index in [1.807, 2.05) is 0 Å². The largest absolute Gasteiger partial charge is 0.468 e. The maximum absolute atomic E-state index is 14.5. The van der Waals surface area contributed by atoms with E-state index in [2.05, 4.69) is 50.8 Å². The van der Waals surface area contributed by atoms with Crippen molar-refractivity contribution < 1.29 is 48.0 Å². The van der Waals surface area contributed by atoms with Crippen LogP contribution in [0.4, 0.5) is 8.78 Å². The molecule has 18 nitrogen and oxygen atoms in total. The average Bonchev–Trinajstić information content (AvgIpc) is 4.09. The Morgan fingerprint density at radius 2 is 1.24 bits per heavy atom. The number of aromatic nitrogens is 14. The van der Waals surface area contributed by atoms with Crippen molar-refractivity contribution in [2.24, 2.45) is 0 Å². The average molecular weight is 845 g/mol. The highest BCUT2D eigenvalue weighted by molar-refractivity contribution is 6.30. The number of aliphatic hydroxyl groups is 3. The molecule has 8 aromatic rings. The van der Waals surface area contributed by atoms with Gasteiger partial charge in [-0.1, -0.05) is 35.9 Å². The predicted molar refractivity (Wildman–Crippen MR) is 209 cm³/mol. The number of halogens is 3. The summed E-state index contributed by atoms with van der Waals surface area (Å²) in [6.07, 6.45) is 1.91. The lowest BCUT2D eigenvalue weighted by Crippen LogP contribution is -2.20. The van der Waals surface area contributed by atoms with E-state index < -0.39 is 85.7 Å². The second-order valence-electron chi connectivity index (χ2n) is 12.2. The molecule has 21 heteroatoms. The molecule has 0 bridgehead atoms. The molecular formula is C38H41ClF2N14O4. The monoisotopic (exact) mass is 844 g/mol. The van der Waals surface area contributed by atoms with Gasteiger partial charge in [0.2, 0.25) is 5.88 Å². The van der Waals surface area contributed by atoms with Crippen LogP contribution in [-0.2, 0) is 37.3 Å². The lowest BCUT2D eigenvalue weighted by molar-refractivity contribution is 0.0728. The normalized spacial score (nSPS) is 18.2. The van der Waals surface area contributed by atoms with E-state index >= 15 is 0 Å². The summed E-state index contributed by atoms with van der Waals surface area (Å²) in [5.74, 6) is -2.87. The lowest BCUT2D eigenvalue weighted by atomic mass is 10.0. The molecule has 2 unspecified atom stereocenters. The van der Waals surface area contributed by atoms with Gasteiger partial charge in [-0.2, -0.15) is 24.3 Å². The summed E-state index contributed by atoms with van der Waals surface area (Å²) in [6, 6.07) is 13.9. The van der Waals surface area contributed by atoms with E-state index in [-0.39, 0.29) is 44.8 Å². The fourth-order valence-electron chi connectivity index (χ4n) is 5.06. The van der Waals surface area contributed by atoms with Crippen molar-refractivity contribution in [3.63, 3.8) is 0 Å². The molecule has 6 heterocycles. The Kier molecular flexibility index (Phi) is 8.18. The molecule has 59 heavy (non-hydrogen) atoms. The summed E-state index contributed by atoms with van der Waals surface area (Å²) in [5, 5.41) is 60.8. The van der Waals surface area contributed by atoms with Gasteiger partial charge in [-0.25, -0.2) is 28.1 Å². The number of hydrogen-bond donors (Lipinski definition) is 3. The van der Waals surface area contributed by atoms with E-state index in [9.17, 15) is 19.0 Å². The number of hydrogen-bond acceptors (Lipinski definition) is 14. The van der Waals surface area contributed by atoms with Crippen LogP contribution >= 0.6 is 11.6 Å². The maximum Gasteiger partial charge on any atom is 0.238 e. The smallest absolute Gasteiger partial charge is 0.238 e. The molecule has 0 saturated heterocycles. The van der Waals surface area contributed by atoms with E-state index in [0.29, 0.717) is 9.36 Å². The second kappa shape index (κ2) is 17.6. The Hall–Kier alpha value is -6.35. The van der Waals surface area contributed by atoms with Crippen molar-refractivity contribution in [1.82, 2.24) is 69.2 Å². The minimum atomic E-state index is -3.01. The van der Waals surface area contributed by atoms with Gasteiger partial charge in [-0.3, -0.25) is 0 Å². The molecule has 308 valence electrons. The number of aryl methyl sites for hydroxylation is 2. The van der Waals surface area contributed by atoms with Crippen LogP contribution in [0.3, 0.4) is 0 Å². The van der Waals surface area contributed by atoms with Crippen molar-refractivity contribution in [3.05, 3.63) is 113 Å². The zero-order valence-corrected chi connectivity index (χ0v) is 31.8. The van der Waals surface area contributed by atoms with Gasteiger partial charge in [0.1, 0.15) is 37.4 Å². The molecule has 6 aromatic heterocycles. The van der Waals surface area contributed by atoms with Gasteiger partial charge in [-0.05, 0) is 77.8 Å². The fraction of sp³-hybridized carbons (Fsp3) is 0.316. The van der Waals surface area contributed by atoms with Crippen LogP contribution in [0.25, 0.3) is 34.1 Å². The van der Waals surface area contributed by atoms with Crippen molar-refractivity contribution in [2.45, 2.75) is 78.7 Å². The Balaban J connectivity index is 0.000000201. The van der Waals surface area contributed by atoms with Gasteiger partial charge < -0.3 is 20.1 Å². The van der Waals surface area contributed by atoms with Gasteiger partial charge in [-0.15, -0.1) is 25.5 Å². The number of ether oxygens (including phenoxy) is 1. The molecule has 0 fully saturated rings. The first-order valence-electron chi connectivity index (χ1n) is 23.8. The molecule has 0 spiro atoms. The molecule has 3 N–H and O–H groups in total. The molecular weight excluding hydrogens is 790 g/mol. The second-order valence-corrected chi connectivity index (χ2v) is 12.5. The highest BCUT2D eigenvalue weighted by Crippen LogP contribution is 2.32. The summed E-state index contributed by atoms with van der Waals surface area (Å²) in [6.45, 7) is -11.0. The minimum absolute atomic E-state index is 0.000661. The first kappa shape index (κ1) is 27.4. The van der Waals surface area contributed by atoms with Crippen molar-refractivity contribution >= 4 is 22.9 Å². The molecule has 0 radical (unpaired) electrons. The highest BCUT2D eigenvalue weighted by Gasteiger charge is 2.27. The van der Waals surface area contributed by atoms with Crippen molar-refractivity contribution in [2.75, 3.05) is 0 Å². The van der Waals surface area contributed by atoms with Gasteiger partial charge in [0.05, 0.1) is 38.9 Å². The molecule has 0 aliphatic carbocycles. The SMILES string of the molecule is [2H]C([2H])(O)c1ncnn1C([2H])([2H])C.[2H]C([2H])(Oc1nn2c(-c3ccccc3F)nnc2cc1C(C)(O)C([2H])([2H])[2H])c1ncnn1C([2H])([2H])C.[2H]C([2H])([2H])C(C)(O)c1cc2nnc(-c3ccccc3F)n2nc1Cl. The summed E-state index contributed by atoms with van der Waals surface area (Å²) >= 11 is 6.06. The fourth-order valence-corrected chi connectivity index (χ4v) is 5.38. The Bertz CT molecular complexity index is 3250. The first-order chi connectivity index (χ1) is 33.4. The first-order valence-corrected chi connectivity index (χ1v) is 17.1. The zero-order chi connectivity index (χ0) is 54.7. The molecule has 0 aliphatic heterocycles. The summed E-state index contributed by atoms with van der Waals surface area (Å²) in [5.41, 5.74) is -5.15. The lowest BCUT2D eigenvalue weighted by Gasteiger charge is -2.20. The Labute approximate surface area is 360 Å². The summed E-state index contributed by atoms with van der Waals surface area (Å²) in [7, 11) is 0. The van der Waals surface area contributed by atoms with Crippen LogP contribution in [0.5, 0.6) is 5.88 Å². The third-order valence-corrected chi connectivity index (χ3v) is 8.12. The van der Waals surface area contributed by atoms with Gasteiger partial charge >= 0.3 is 0 Å². The third kappa shape index (κ3) is 9.36. The minimum Gasteiger partial charge on any atom is -0.468 e. The standard InChI is InChI=1S/C19H20FN7O2.C14H12ClFN4O.C5H9N3O/c1-4-26-16(21-11-22-26)10-29-18-13(19(2,3)28)9-15-23-24-17(27(15)25-18)12-7-5-6-8-14(12)20;1-14(2,21)9-7-11-17-18-13(20(11)19-12(9)15)8-5-3-4-6-10(8)16;1-2-8-5(3-9)6-4-7-8/h5-9,11,28H,4,10H2,1-3H3;3-7,21H,1-2H3;4,9H,2-3H2,1H3/i2D3,4D2,10D2;1D3;2D2,3D2. The van der Waals surface area contributed by atoms with Gasteiger partial charge in [0.15, 0.2) is 39.7 Å². The number of nitrogens with zero attached hydrogens (tertiary/aromatic N) is 14. The van der Waals surface area contributed by atoms with Crippen LogP contribution in [0.2, 0.25) is 5.15 Å². The molecule has 0 amide bonds. The maximum atomic E-state index is 14.5. The van der Waals surface area contributed by atoms with Crippen LogP contribution < -0.4 is 4.74 Å². The van der Waals surface area contributed by atoms with E-state index in [1.54, 1.807) is 12.1 Å².